The summed E-state index contributed by atoms with van der Waals surface area (Å²) in [5, 5.41) is 11.9. The third-order valence-corrected chi connectivity index (χ3v) is 2.80. The first kappa shape index (κ1) is 12.4. The molecule has 0 heterocycles. The molecule has 0 atom stereocenters. The molecule has 0 aromatic heterocycles. The maximum atomic E-state index is 13.2. The maximum Gasteiger partial charge on any atom is 0.142 e. The standard InChI is InChI=1S/C14H10ClFN2/c15-13-6-3-11(7-14(13)16)9-18-12-4-1-10(8-17)2-5-12/h1-7,18H,9H2. The van der Waals surface area contributed by atoms with E-state index in [2.05, 4.69) is 5.32 Å². The van der Waals surface area contributed by atoms with Crippen LogP contribution in [0.5, 0.6) is 0 Å². The number of anilines is 1. The Morgan fingerprint density at radius 3 is 2.50 bits per heavy atom. The smallest absolute Gasteiger partial charge is 0.142 e. The van der Waals surface area contributed by atoms with Crippen LogP contribution in [0.3, 0.4) is 0 Å². The Morgan fingerprint density at radius 1 is 1.17 bits per heavy atom. The van der Waals surface area contributed by atoms with Crippen LogP contribution in [0, 0.1) is 17.1 Å². The Labute approximate surface area is 110 Å². The van der Waals surface area contributed by atoms with E-state index in [0.29, 0.717) is 12.1 Å². The molecule has 18 heavy (non-hydrogen) atoms. The number of nitriles is 1. The highest BCUT2D eigenvalue weighted by molar-refractivity contribution is 6.30. The average molecular weight is 261 g/mol. The molecule has 0 fully saturated rings. The molecule has 0 aliphatic rings. The molecule has 0 unspecified atom stereocenters. The number of nitrogens with zero attached hydrogens (tertiary/aromatic N) is 1. The quantitative estimate of drug-likeness (QED) is 0.907. The molecule has 0 aliphatic heterocycles. The van der Waals surface area contributed by atoms with Crippen LogP contribution in [0.1, 0.15) is 11.1 Å². The fourth-order valence-corrected chi connectivity index (χ4v) is 1.63. The molecule has 2 aromatic rings. The first-order chi connectivity index (χ1) is 8.69. The number of halogens is 2. The zero-order valence-corrected chi connectivity index (χ0v) is 10.2. The molecule has 90 valence electrons. The topological polar surface area (TPSA) is 35.8 Å². The minimum atomic E-state index is -0.421. The van der Waals surface area contributed by atoms with Crippen LogP contribution in [-0.4, -0.2) is 0 Å². The minimum absolute atomic E-state index is 0.122. The minimum Gasteiger partial charge on any atom is -0.381 e. The number of hydrogen-bond donors (Lipinski definition) is 1. The van der Waals surface area contributed by atoms with Crippen molar-refractivity contribution in [1.82, 2.24) is 0 Å². The number of rotatable bonds is 3. The van der Waals surface area contributed by atoms with Gasteiger partial charge in [-0.05, 0) is 42.0 Å². The molecule has 4 heteroatoms. The van der Waals surface area contributed by atoms with E-state index < -0.39 is 5.82 Å². The summed E-state index contributed by atoms with van der Waals surface area (Å²) in [6, 6.07) is 13.8. The van der Waals surface area contributed by atoms with E-state index in [1.165, 1.54) is 12.1 Å². The highest BCUT2D eigenvalue weighted by Crippen LogP contribution is 2.17. The predicted octanol–water partition coefficient (Wildman–Crippen LogP) is 3.96. The molecule has 0 amide bonds. The van der Waals surface area contributed by atoms with Gasteiger partial charge in [-0.2, -0.15) is 5.26 Å². The van der Waals surface area contributed by atoms with Crippen LogP contribution in [0.4, 0.5) is 10.1 Å². The van der Waals surface area contributed by atoms with E-state index in [9.17, 15) is 4.39 Å². The second-order valence-corrected chi connectivity index (χ2v) is 4.20. The van der Waals surface area contributed by atoms with E-state index in [0.717, 1.165) is 11.3 Å². The summed E-state index contributed by atoms with van der Waals surface area (Å²) < 4.78 is 13.2. The van der Waals surface area contributed by atoms with E-state index in [-0.39, 0.29) is 5.02 Å². The summed E-state index contributed by atoms with van der Waals surface area (Å²) in [5.74, 6) is -0.421. The van der Waals surface area contributed by atoms with Crippen molar-refractivity contribution in [3.05, 3.63) is 64.4 Å². The Balaban J connectivity index is 2.02. The van der Waals surface area contributed by atoms with Gasteiger partial charge < -0.3 is 5.32 Å². The second kappa shape index (κ2) is 5.52. The van der Waals surface area contributed by atoms with Crippen molar-refractivity contribution in [2.75, 3.05) is 5.32 Å². The van der Waals surface area contributed by atoms with Crippen molar-refractivity contribution in [1.29, 1.82) is 5.26 Å². The number of nitrogens with one attached hydrogen (secondary N) is 1. The van der Waals surface area contributed by atoms with E-state index in [1.54, 1.807) is 18.2 Å². The molecule has 0 bridgehead atoms. The van der Waals surface area contributed by atoms with Gasteiger partial charge in [0.1, 0.15) is 5.82 Å². The van der Waals surface area contributed by atoms with Gasteiger partial charge in [0, 0.05) is 12.2 Å². The van der Waals surface area contributed by atoms with Gasteiger partial charge in [-0.25, -0.2) is 4.39 Å². The zero-order valence-electron chi connectivity index (χ0n) is 9.45. The maximum absolute atomic E-state index is 13.2. The second-order valence-electron chi connectivity index (χ2n) is 3.79. The van der Waals surface area contributed by atoms with E-state index in [4.69, 9.17) is 16.9 Å². The molecule has 0 saturated carbocycles. The first-order valence-corrected chi connectivity index (χ1v) is 5.75. The molecule has 0 aliphatic carbocycles. The third-order valence-electron chi connectivity index (χ3n) is 2.49. The summed E-state index contributed by atoms with van der Waals surface area (Å²) >= 11 is 5.61. The summed E-state index contributed by atoms with van der Waals surface area (Å²) in [6.45, 7) is 0.500. The lowest BCUT2D eigenvalue weighted by atomic mass is 10.2. The van der Waals surface area contributed by atoms with Crippen LogP contribution in [0.25, 0.3) is 0 Å². The molecule has 1 N–H and O–H groups in total. The molecule has 2 rings (SSSR count). The summed E-state index contributed by atoms with van der Waals surface area (Å²) in [5.41, 5.74) is 2.30. The predicted molar refractivity (Wildman–Crippen MR) is 69.9 cm³/mol. The average Bonchev–Trinajstić information content (AvgIpc) is 2.41. The molecule has 0 saturated heterocycles. The fourth-order valence-electron chi connectivity index (χ4n) is 1.52. The fraction of sp³-hybridized carbons (Fsp3) is 0.0714. The van der Waals surface area contributed by atoms with Crippen molar-refractivity contribution in [2.24, 2.45) is 0 Å². The lowest BCUT2D eigenvalue weighted by Crippen LogP contribution is -1.99. The number of hydrogen-bond acceptors (Lipinski definition) is 2. The number of benzene rings is 2. The Morgan fingerprint density at radius 2 is 1.89 bits per heavy atom. The SMILES string of the molecule is N#Cc1ccc(NCc2ccc(Cl)c(F)c2)cc1. The van der Waals surface area contributed by atoms with E-state index >= 15 is 0 Å². The van der Waals surface area contributed by atoms with Crippen molar-refractivity contribution in [3.63, 3.8) is 0 Å². The van der Waals surface area contributed by atoms with Crippen molar-refractivity contribution in [2.45, 2.75) is 6.54 Å². The van der Waals surface area contributed by atoms with Gasteiger partial charge in [-0.3, -0.25) is 0 Å². The van der Waals surface area contributed by atoms with E-state index in [1.807, 2.05) is 18.2 Å². The normalized spacial score (nSPS) is 9.83. The van der Waals surface area contributed by atoms with Crippen LogP contribution in [-0.2, 0) is 6.54 Å². The van der Waals surface area contributed by atoms with Gasteiger partial charge in [0.25, 0.3) is 0 Å². The zero-order chi connectivity index (χ0) is 13.0. The van der Waals surface area contributed by atoms with Crippen LogP contribution < -0.4 is 5.32 Å². The lowest BCUT2D eigenvalue weighted by molar-refractivity contribution is 0.626. The van der Waals surface area contributed by atoms with Crippen molar-refractivity contribution in [3.8, 4) is 6.07 Å². The van der Waals surface area contributed by atoms with Gasteiger partial charge in [-0.15, -0.1) is 0 Å². The molecule has 0 radical (unpaired) electrons. The largest absolute Gasteiger partial charge is 0.381 e. The van der Waals surface area contributed by atoms with Crippen LogP contribution in [0.15, 0.2) is 42.5 Å². The van der Waals surface area contributed by atoms with Crippen molar-refractivity contribution >= 4 is 17.3 Å². The van der Waals surface area contributed by atoms with Crippen LogP contribution in [0.2, 0.25) is 5.02 Å². The summed E-state index contributed by atoms with van der Waals surface area (Å²) in [4.78, 5) is 0. The Kier molecular flexibility index (Phi) is 3.81. The lowest BCUT2D eigenvalue weighted by Gasteiger charge is -2.07. The molecular formula is C14H10ClFN2. The van der Waals surface area contributed by atoms with Gasteiger partial charge >= 0.3 is 0 Å². The van der Waals surface area contributed by atoms with Gasteiger partial charge in [0.15, 0.2) is 0 Å². The molecule has 0 spiro atoms. The Bertz CT molecular complexity index is 588. The summed E-state index contributed by atoms with van der Waals surface area (Å²) in [6.07, 6.45) is 0. The van der Waals surface area contributed by atoms with Gasteiger partial charge in [0.2, 0.25) is 0 Å². The first-order valence-electron chi connectivity index (χ1n) is 5.37. The molecule has 2 nitrogen and oxygen atoms in total. The monoisotopic (exact) mass is 260 g/mol. The van der Waals surface area contributed by atoms with Crippen molar-refractivity contribution < 1.29 is 4.39 Å². The van der Waals surface area contributed by atoms with Gasteiger partial charge in [0.05, 0.1) is 16.7 Å². The third kappa shape index (κ3) is 2.99. The Hall–Kier alpha value is -2.05. The molecule has 2 aromatic carbocycles. The van der Waals surface area contributed by atoms with Gasteiger partial charge in [-0.1, -0.05) is 17.7 Å². The van der Waals surface area contributed by atoms with Crippen LogP contribution >= 0.6 is 11.6 Å². The summed E-state index contributed by atoms with van der Waals surface area (Å²) in [7, 11) is 0. The highest BCUT2D eigenvalue weighted by atomic mass is 35.5. The molecular weight excluding hydrogens is 251 g/mol. The highest BCUT2D eigenvalue weighted by Gasteiger charge is 2.01.